The average Bonchev–Trinajstić information content (AvgIpc) is 2.35. The van der Waals surface area contributed by atoms with Crippen molar-refractivity contribution >= 4 is 11.6 Å². The van der Waals surface area contributed by atoms with E-state index >= 15 is 0 Å². The van der Waals surface area contributed by atoms with Crippen molar-refractivity contribution in [1.29, 1.82) is 0 Å². The van der Waals surface area contributed by atoms with Crippen LogP contribution in [0.2, 0.25) is 0 Å². The molecule has 1 heterocycles. The van der Waals surface area contributed by atoms with Gasteiger partial charge in [-0.05, 0) is 24.6 Å². The second-order valence-corrected chi connectivity index (χ2v) is 4.12. The largest absolute Gasteiger partial charge is 0.327 e. The van der Waals surface area contributed by atoms with Gasteiger partial charge >= 0.3 is 0 Å². The highest BCUT2D eigenvalue weighted by atomic mass is 16.2. The second kappa shape index (κ2) is 5.31. The molecule has 0 fully saturated rings. The summed E-state index contributed by atoms with van der Waals surface area (Å²) in [7, 11) is 0. The van der Waals surface area contributed by atoms with E-state index < -0.39 is 0 Å². The molecule has 0 aliphatic carbocycles. The number of rotatable bonds is 3. The van der Waals surface area contributed by atoms with Crippen LogP contribution in [0.15, 0.2) is 47.4 Å². The van der Waals surface area contributed by atoms with E-state index in [-0.39, 0.29) is 23.6 Å². The number of anilines is 1. The first-order valence-electron chi connectivity index (χ1n) is 5.68. The number of nitrogens with one attached hydrogen (secondary N) is 2. The van der Waals surface area contributed by atoms with E-state index in [1.807, 2.05) is 31.2 Å². The number of carbonyl (C=O) groups excluding carboxylic acids is 1. The van der Waals surface area contributed by atoms with Crippen LogP contribution in [0.4, 0.5) is 5.69 Å². The summed E-state index contributed by atoms with van der Waals surface area (Å²) in [5.41, 5.74) is 2.05. The number of aromatic nitrogens is 1. The Kier molecular flexibility index (Phi) is 3.57. The van der Waals surface area contributed by atoms with E-state index in [2.05, 4.69) is 10.3 Å². The van der Waals surface area contributed by atoms with Crippen molar-refractivity contribution in [3.05, 3.63) is 64.1 Å². The number of carbonyl (C=O) groups is 1. The molecule has 1 amide bonds. The Morgan fingerprint density at radius 2 is 1.94 bits per heavy atom. The van der Waals surface area contributed by atoms with E-state index in [0.29, 0.717) is 0 Å². The van der Waals surface area contributed by atoms with Crippen molar-refractivity contribution in [2.45, 2.75) is 13.3 Å². The Morgan fingerprint density at radius 1 is 1.22 bits per heavy atom. The van der Waals surface area contributed by atoms with Crippen LogP contribution < -0.4 is 10.9 Å². The van der Waals surface area contributed by atoms with E-state index in [0.717, 1.165) is 11.1 Å². The van der Waals surface area contributed by atoms with Crippen LogP contribution in [0.1, 0.15) is 11.1 Å². The lowest BCUT2D eigenvalue weighted by Crippen LogP contribution is -2.20. The summed E-state index contributed by atoms with van der Waals surface area (Å²) in [6.45, 7) is 1.99. The number of amides is 1. The van der Waals surface area contributed by atoms with Gasteiger partial charge in [-0.25, -0.2) is 0 Å². The molecule has 0 aliphatic heterocycles. The minimum atomic E-state index is -0.297. The molecule has 1 aromatic heterocycles. The van der Waals surface area contributed by atoms with Crippen LogP contribution in [-0.4, -0.2) is 10.9 Å². The molecule has 0 saturated carbocycles. The monoisotopic (exact) mass is 242 g/mol. The van der Waals surface area contributed by atoms with E-state index in [1.54, 1.807) is 12.1 Å². The Bertz CT molecular complexity index is 600. The Labute approximate surface area is 105 Å². The minimum Gasteiger partial charge on any atom is -0.327 e. The molecule has 92 valence electrons. The van der Waals surface area contributed by atoms with Gasteiger partial charge in [0.1, 0.15) is 5.69 Å². The maximum absolute atomic E-state index is 11.8. The van der Waals surface area contributed by atoms with Crippen molar-refractivity contribution in [3.8, 4) is 0 Å². The SMILES string of the molecule is Cc1ccc(CC(=O)Nc2ccc[nH]c2=O)cc1. The van der Waals surface area contributed by atoms with E-state index in [4.69, 9.17) is 0 Å². The smallest absolute Gasteiger partial charge is 0.271 e. The van der Waals surface area contributed by atoms with E-state index in [1.165, 1.54) is 6.20 Å². The highest BCUT2D eigenvalue weighted by Crippen LogP contribution is 2.05. The molecule has 2 aromatic rings. The van der Waals surface area contributed by atoms with Gasteiger partial charge in [-0.3, -0.25) is 9.59 Å². The molecule has 0 spiro atoms. The molecular weight excluding hydrogens is 228 g/mol. The van der Waals surface area contributed by atoms with Gasteiger partial charge in [0.25, 0.3) is 5.56 Å². The van der Waals surface area contributed by atoms with E-state index in [9.17, 15) is 9.59 Å². The minimum absolute atomic E-state index is 0.199. The standard InChI is InChI=1S/C14H14N2O2/c1-10-4-6-11(7-5-10)9-13(17)16-12-3-2-8-15-14(12)18/h2-8H,9H2,1H3,(H,15,18)(H,16,17). The zero-order valence-corrected chi connectivity index (χ0v) is 10.1. The number of pyridine rings is 1. The Morgan fingerprint density at radius 3 is 2.61 bits per heavy atom. The van der Waals surface area contributed by atoms with Crippen molar-refractivity contribution in [3.63, 3.8) is 0 Å². The summed E-state index contributed by atoms with van der Waals surface area (Å²) in [5, 5.41) is 2.59. The summed E-state index contributed by atoms with van der Waals surface area (Å²) in [6.07, 6.45) is 1.78. The fourth-order valence-electron chi connectivity index (χ4n) is 1.61. The number of H-pyrrole nitrogens is 1. The number of aromatic amines is 1. The molecule has 2 N–H and O–H groups in total. The number of aryl methyl sites for hydroxylation is 1. The normalized spacial score (nSPS) is 10.1. The Hall–Kier alpha value is -2.36. The van der Waals surface area contributed by atoms with Crippen molar-refractivity contribution in [2.24, 2.45) is 0 Å². The van der Waals surface area contributed by atoms with Crippen LogP contribution in [-0.2, 0) is 11.2 Å². The molecule has 1 aromatic carbocycles. The third-order valence-electron chi connectivity index (χ3n) is 2.58. The lowest BCUT2D eigenvalue weighted by atomic mass is 10.1. The maximum atomic E-state index is 11.8. The highest BCUT2D eigenvalue weighted by Gasteiger charge is 2.05. The second-order valence-electron chi connectivity index (χ2n) is 4.12. The quantitative estimate of drug-likeness (QED) is 0.863. The summed E-state index contributed by atoms with van der Waals surface area (Å²) < 4.78 is 0. The molecule has 4 heteroatoms. The Balaban J connectivity index is 2.03. The van der Waals surface area contributed by atoms with Gasteiger partial charge in [0.15, 0.2) is 0 Å². The molecule has 4 nitrogen and oxygen atoms in total. The van der Waals surface area contributed by atoms with Crippen LogP contribution in [0.25, 0.3) is 0 Å². The van der Waals surface area contributed by atoms with Gasteiger partial charge in [0.05, 0.1) is 6.42 Å². The first-order valence-corrected chi connectivity index (χ1v) is 5.68. The van der Waals surface area contributed by atoms with Gasteiger partial charge < -0.3 is 10.3 Å². The lowest BCUT2D eigenvalue weighted by molar-refractivity contribution is -0.115. The number of hydrogen-bond acceptors (Lipinski definition) is 2. The molecule has 0 radical (unpaired) electrons. The zero-order valence-electron chi connectivity index (χ0n) is 10.1. The summed E-state index contributed by atoms with van der Waals surface area (Å²) in [5.74, 6) is -0.199. The predicted molar refractivity (Wildman–Crippen MR) is 70.6 cm³/mol. The first-order chi connectivity index (χ1) is 8.65. The van der Waals surface area contributed by atoms with Crippen molar-refractivity contribution in [2.75, 3.05) is 5.32 Å². The number of hydrogen-bond donors (Lipinski definition) is 2. The first kappa shape index (κ1) is 12.1. The predicted octanol–water partition coefficient (Wildman–Crippen LogP) is 1.86. The maximum Gasteiger partial charge on any atom is 0.271 e. The zero-order chi connectivity index (χ0) is 13.0. The van der Waals surface area contributed by atoms with Crippen LogP contribution in [0.3, 0.4) is 0 Å². The molecule has 0 bridgehead atoms. The summed E-state index contributed by atoms with van der Waals surface area (Å²) in [6, 6.07) is 11.0. The molecule has 18 heavy (non-hydrogen) atoms. The van der Waals surface area contributed by atoms with Gasteiger partial charge in [-0.2, -0.15) is 0 Å². The van der Waals surface area contributed by atoms with Gasteiger partial charge in [0, 0.05) is 6.20 Å². The summed E-state index contributed by atoms with van der Waals surface area (Å²) in [4.78, 5) is 25.6. The van der Waals surface area contributed by atoms with Crippen LogP contribution in [0, 0.1) is 6.92 Å². The topological polar surface area (TPSA) is 62.0 Å². The highest BCUT2D eigenvalue weighted by molar-refractivity contribution is 5.92. The van der Waals surface area contributed by atoms with Gasteiger partial charge in [-0.15, -0.1) is 0 Å². The van der Waals surface area contributed by atoms with Gasteiger partial charge in [-0.1, -0.05) is 29.8 Å². The lowest BCUT2D eigenvalue weighted by Gasteiger charge is -2.04. The number of benzene rings is 1. The van der Waals surface area contributed by atoms with Crippen molar-refractivity contribution in [1.82, 2.24) is 4.98 Å². The molecular formula is C14H14N2O2. The molecule has 0 aliphatic rings. The van der Waals surface area contributed by atoms with Crippen molar-refractivity contribution < 1.29 is 4.79 Å². The third-order valence-corrected chi connectivity index (χ3v) is 2.58. The van der Waals surface area contributed by atoms with Crippen LogP contribution in [0.5, 0.6) is 0 Å². The third kappa shape index (κ3) is 3.07. The average molecular weight is 242 g/mol. The molecule has 0 unspecified atom stereocenters. The molecule has 0 saturated heterocycles. The van der Waals surface area contributed by atoms with Crippen LogP contribution >= 0.6 is 0 Å². The molecule has 2 rings (SSSR count). The fourth-order valence-corrected chi connectivity index (χ4v) is 1.61. The fraction of sp³-hybridized carbons (Fsp3) is 0.143. The summed E-state index contributed by atoms with van der Waals surface area (Å²) >= 11 is 0. The van der Waals surface area contributed by atoms with Gasteiger partial charge in [0.2, 0.25) is 5.91 Å². The molecule has 0 atom stereocenters.